The Labute approximate surface area is 176 Å². The Morgan fingerprint density at radius 2 is 2.28 bits per heavy atom. The number of anilines is 1. The smallest absolute Gasteiger partial charge is 0.229 e. The van der Waals surface area contributed by atoms with Gasteiger partial charge in [-0.1, -0.05) is 35.4 Å². The number of benzene rings is 1. The van der Waals surface area contributed by atoms with Crippen molar-refractivity contribution in [1.82, 2.24) is 19.1 Å². The first kappa shape index (κ1) is 18.6. The van der Waals surface area contributed by atoms with Crippen LogP contribution in [0.1, 0.15) is 19.3 Å². The number of carbonyl (C=O) groups excluding carboxylic acids is 1. The average Bonchev–Trinajstić information content (AvgIpc) is 3.28. The number of hydrogen-bond acceptors (Lipinski definition) is 7. The number of hydrogen-bond donors (Lipinski definition) is 1. The van der Waals surface area contributed by atoms with Crippen LogP contribution in [0.4, 0.5) is 5.13 Å². The fraction of sp³-hybridized carbons (Fsp3) is 0.400. The van der Waals surface area contributed by atoms with Crippen LogP contribution in [0.25, 0.3) is 21.3 Å². The molecule has 2 aromatic heterocycles. The fourth-order valence-electron chi connectivity index (χ4n) is 3.73. The highest BCUT2D eigenvalue weighted by atomic mass is 32.2. The maximum atomic E-state index is 12.1. The van der Waals surface area contributed by atoms with Gasteiger partial charge in [-0.2, -0.15) is 10.4 Å². The molecule has 5 rings (SSSR count). The molecule has 0 unspecified atom stereocenters. The summed E-state index contributed by atoms with van der Waals surface area (Å²) in [6.07, 6.45) is 8.32. The van der Waals surface area contributed by atoms with Crippen LogP contribution in [-0.2, 0) is 10.3 Å². The summed E-state index contributed by atoms with van der Waals surface area (Å²) < 4.78 is 5.22. The summed E-state index contributed by atoms with van der Waals surface area (Å²) in [6.45, 7) is 1.62. The molecule has 0 spiro atoms. The van der Waals surface area contributed by atoms with Gasteiger partial charge in [-0.05, 0) is 25.2 Å². The number of aromatic nitrogens is 3. The van der Waals surface area contributed by atoms with Gasteiger partial charge < -0.3 is 5.32 Å². The van der Waals surface area contributed by atoms with Crippen molar-refractivity contribution in [1.29, 1.82) is 5.26 Å². The second-order valence-electron chi connectivity index (χ2n) is 7.65. The van der Waals surface area contributed by atoms with Gasteiger partial charge in [0.15, 0.2) is 5.13 Å². The quantitative estimate of drug-likeness (QED) is 0.607. The lowest BCUT2D eigenvalue weighted by molar-refractivity contribution is -0.117. The molecule has 2 aliphatic rings. The van der Waals surface area contributed by atoms with Crippen molar-refractivity contribution in [2.45, 2.75) is 24.8 Å². The Hall–Kier alpha value is -2.41. The second kappa shape index (κ2) is 7.13. The third kappa shape index (κ3) is 3.31. The first-order chi connectivity index (χ1) is 14.1. The van der Waals surface area contributed by atoms with E-state index in [0.717, 1.165) is 47.3 Å². The van der Waals surface area contributed by atoms with E-state index in [4.69, 9.17) is 0 Å². The van der Waals surface area contributed by atoms with E-state index < -0.39 is 0 Å². The topological polar surface area (TPSA) is 86.8 Å². The first-order valence-electron chi connectivity index (χ1n) is 9.54. The highest BCUT2D eigenvalue weighted by Gasteiger charge is 2.45. The normalized spacial score (nSPS) is 18.3. The highest BCUT2D eigenvalue weighted by Crippen LogP contribution is 2.39. The number of amides is 1. The molecule has 148 valence electrons. The summed E-state index contributed by atoms with van der Waals surface area (Å²) in [5.41, 5.74) is 2.65. The summed E-state index contributed by atoms with van der Waals surface area (Å²) in [5.74, 6) is 0.222. The Bertz CT molecular complexity index is 1120. The maximum Gasteiger partial charge on any atom is 0.229 e. The molecule has 2 fully saturated rings. The lowest BCUT2D eigenvalue weighted by Gasteiger charge is -2.47. The number of rotatable bonds is 6. The molecular formula is C20H20N6OS2. The van der Waals surface area contributed by atoms with E-state index in [-0.39, 0.29) is 17.4 Å². The van der Waals surface area contributed by atoms with Crippen LogP contribution < -0.4 is 5.32 Å². The number of carbonyl (C=O) groups is 1. The molecule has 1 aromatic carbocycles. The standard InChI is InChI=1S/C20H20N6OS2/c1-28-25-11-20(12-25,7-8-21)26-10-14(9-22-26)15-3-2-4-16-17(15)29-19(23-16)24-18(27)13-5-6-13/h2-4,9-10,13H,5-7,11-12H2,1H3,(H,23,24,27). The summed E-state index contributed by atoms with van der Waals surface area (Å²) in [4.78, 5) is 16.7. The third-order valence-electron chi connectivity index (χ3n) is 5.58. The maximum absolute atomic E-state index is 12.1. The molecule has 1 saturated carbocycles. The minimum absolute atomic E-state index is 0.0696. The van der Waals surface area contributed by atoms with Gasteiger partial charge in [0.1, 0.15) is 5.54 Å². The Morgan fingerprint density at radius 1 is 1.45 bits per heavy atom. The number of nitrogens with zero attached hydrogens (tertiary/aromatic N) is 5. The molecule has 7 nitrogen and oxygen atoms in total. The van der Waals surface area contributed by atoms with Crippen molar-refractivity contribution < 1.29 is 4.79 Å². The Morgan fingerprint density at radius 3 is 3.00 bits per heavy atom. The molecule has 3 aromatic rings. The van der Waals surface area contributed by atoms with Crippen LogP contribution in [0.2, 0.25) is 0 Å². The molecule has 9 heteroatoms. The zero-order valence-electron chi connectivity index (χ0n) is 16.0. The number of nitriles is 1. The van der Waals surface area contributed by atoms with Gasteiger partial charge >= 0.3 is 0 Å². The summed E-state index contributed by atoms with van der Waals surface area (Å²) in [6, 6.07) is 8.32. The molecule has 0 radical (unpaired) electrons. The predicted molar refractivity (Wildman–Crippen MR) is 115 cm³/mol. The van der Waals surface area contributed by atoms with Crippen LogP contribution >= 0.6 is 23.3 Å². The molecule has 1 saturated heterocycles. The van der Waals surface area contributed by atoms with E-state index in [1.165, 1.54) is 11.3 Å². The molecule has 1 aliphatic carbocycles. The molecule has 1 amide bonds. The number of fused-ring (bicyclic) bond motifs is 1. The van der Waals surface area contributed by atoms with Gasteiger partial charge in [0.05, 0.1) is 28.9 Å². The van der Waals surface area contributed by atoms with Crippen LogP contribution in [0.15, 0.2) is 30.6 Å². The van der Waals surface area contributed by atoms with Gasteiger partial charge in [0, 0.05) is 36.3 Å². The largest absolute Gasteiger partial charge is 0.302 e. The van der Waals surface area contributed by atoms with Gasteiger partial charge in [-0.3, -0.25) is 9.48 Å². The molecule has 1 N–H and O–H groups in total. The van der Waals surface area contributed by atoms with Crippen LogP contribution in [0.5, 0.6) is 0 Å². The predicted octanol–water partition coefficient (Wildman–Crippen LogP) is 3.71. The van der Waals surface area contributed by atoms with Gasteiger partial charge in [0.2, 0.25) is 5.91 Å². The monoisotopic (exact) mass is 424 g/mol. The molecule has 1 aliphatic heterocycles. The first-order valence-corrected chi connectivity index (χ1v) is 11.5. The van der Waals surface area contributed by atoms with E-state index in [2.05, 4.69) is 38.1 Å². The summed E-state index contributed by atoms with van der Waals surface area (Å²) >= 11 is 3.19. The van der Waals surface area contributed by atoms with E-state index in [9.17, 15) is 10.1 Å². The Balaban J connectivity index is 1.46. The van der Waals surface area contributed by atoms with Crippen molar-refractivity contribution in [2.75, 3.05) is 24.7 Å². The molecule has 0 bridgehead atoms. The van der Waals surface area contributed by atoms with E-state index in [1.807, 2.05) is 29.2 Å². The molecule has 3 heterocycles. The van der Waals surface area contributed by atoms with E-state index >= 15 is 0 Å². The van der Waals surface area contributed by atoms with Crippen molar-refractivity contribution in [3.8, 4) is 17.2 Å². The number of nitrogens with one attached hydrogen (secondary N) is 1. The van der Waals surface area contributed by atoms with Crippen molar-refractivity contribution >= 4 is 44.5 Å². The second-order valence-corrected chi connectivity index (χ2v) is 9.53. The molecule has 0 atom stereocenters. The fourth-order valence-corrected chi connectivity index (χ4v) is 5.47. The van der Waals surface area contributed by atoms with Gasteiger partial charge in [-0.25, -0.2) is 9.29 Å². The lowest BCUT2D eigenvalue weighted by Crippen LogP contribution is -2.59. The SMILES string of the molecule is CSN1CC(CC#N)(n2cc(-c3cccc4nc(NC(=O)C5CC5)sc34)cn2)C1. The van der Waals surface area contributed by atoms with Crippen molar-refractivity contribution in [3.05, 3.63) is 30.6 Å². The lowest BCUT2D eigenvalue weighted by atomic mass is 9.89. The van der Waals surface area contributed by atoms with E-state index in [1.54, 1.807) is 11.9 Å². The van der Waals surface area contributed by atoms with Crippen LogP contribution in [-0.4, -0.2) is 44.3 Å². The minimum Gasteiger partial charge on any atom is -0.302 e. The number of thiazole rings is 1. The Kier molecular flexibility index (Phi) is 4.57. The van der Waals surface area contributed by atoms with Crippen molar-refractivity contribution in [2.24, 2.45) is 5.92 Å². The summed E-state index contributed by atoms with van der Waals surface area (Å²) in [5, 5.41) is 17.5. The van der Waals surface area contributed by atoms with Crippen molar-refractivity contribution in [3.63, 3.8) is 0 Å². The molecular weight excluding hydrogens is 404 g/mol. The highest BCUT2D eigenvalue weighted by molar-refractivity contribution is 7.96. The molecule has 29 heavy (non-hydrogen) atoms. The van der Waals surface area contributed by atoms with Crippen LogP contribution in [0, 0.1) is 17.2 Å². The van der Waals surface area contributed by atoms with Crippen LogP contribution in [0.3, 0.4) is 0 Å². The van der Waals surface area contributed by atoms with E-state index in [0.29, 0.717) is 11.6 Å². The zero-order chi connectivity index (χ0) is 20.0. The average molecular weight is 425 g/mol. The van der Waals surface area contributed by atoms with Gasteiger partial charge in [0.25, 0.3) is 0 Å². The third-order valence-corrected chi connectivity index (χ3v) is 7.37. The summed E-state index contributed by atoms with van der Waals surface area (Å²) in [7, 11) is 0. The minimum atomic E-state index is -0.263. The van der Waals surface area contributed by atoms with Gasteiger partial charge in [-0.15, -0.1) is 0 Å². The zero-order valence-corrected chi connectivity index (χ0v) is 17.6.